The van der Waals surface area contributed by atoms with Crippen molar-refractivity contribution < 1.29 is 18.0 Å². The Morgan fingerprint density at radius 2 is 1.55 bits per heavy atom. The molecule has 1 aliphatic carbocycles. The molecule has 0 unspecified atom stereocenters. The van der Waals surface area contributed by atoms with Crippen LogP contribution in [-0.2, 0) is 26.0 Å². The Bertz CT molecular complexity index is 980. The summed E-state index contributed by atoms with van der Waals surface area (Å²) in [6, 6.07) is 13.0. The molecule has 0 heterocycles. The van der Waals surface area contributed by atoms with Crippen molar-refractivity contribution in [3.05, 3.63) is 54.1 Å². The lowest BCUT2D eigenvalue weighted by atomic mass is 10.1. The molecule has 0 bridgehead atoms. The third-order valence-corrected chi connectivity index (χ3v) is 5.87. The number of hydrogen-bond acceptors (Lipinski definition) is 4. The molecule has 0 atom stereocenters. The van der Waals surface area contributed by atoms with Gasteiger partial charge in [0.25, 0.3) is 10.0 Å². The highest BCUT2D eigenvalue weighted by molar-refractivity contribution is 7.92. The minimum absolute atomic E-state index is 0.0227. The predicted octanol–water partition coefficient (Wildman–Crippen LogP) is 2.90. The number of hydrogen-bond donors (Lipinski definition) is 3. The van der Waals surface area contributed by atoms with Crippen LogP contribution in [0.15, 0.2) is 53.4 Å². The second-order valence-corrected chi connectivity index (χ2v) is 9.17. The third kappa shape index (κ3) is 6.05. The van der Waals surface area contributed by atoms with Gasteiger partial charge in [-0.2, -0.15) is 0 Å². The quantitative estimate of drug-likeness (QED) is 0.617. The number of nitrogens with one attached hydrogen (secondary N) is 3. The summed E-state index contributed by atoms with van der Waals surface area (Å²) in [7, 11) is -3.76. The second-order valence-electron chi connectivity index (χ2n) is 7.49. The summed E-state index contributed by atoms with van der Waals surface area (Å²) in [5, 5.41) is 5.64. The number of benzene rings is 2. The van der Waals surface area contributed by atoms with Gasteiger partial charge in [0, 0.05) is 23.3 Å². The molecule has 2 aromatic rings. The molecule has 1 aliphatic rings. The van der Waals surface area contributed by atoms with Crippen LogP contribution >= 0.6 is 0 Å². The first-order valence-corrected chi connectivity index (χ1v) is 11.0. The van der Waals surface area contributed by atoms with Crippen molar-refractivity contribution in [1.82, 2.24) is 5.32 Å². The van der Waals surface area contributed by atoms with E-state index in [-0.39, 0.29) is 29.0 Å². The van der Waals surface area contributed by atoms with Crippen molar-refractivity contribution in [3.63, 3.8) is 0 Å². The molecular formula is C21H25N3O4S. The molecule has 1 saturated carbocycles. The van der Waals surface area contributed by atoms with E-state index in [4.69, 9.17) is 0 Å². The average Bonchev–Trinajstić information content (AvgIpc) is 3.47. The molecule has 3 N–H and O–H groups in total. The predicted molar refractivity (Wildman–Crippen MR) is 112 cm³/mol. The van der Waals surface area contributed by atoms with E-state index in [0.717, 1.165) is 18.4 Å². The minimum Gasteiger partial charge on any atom is -0.353 e. The number of carbonyl (C=O) groups excluding carboxylic acids is 2. The van der Waals surface area contributed by atoms with Crippen LogP contribution in [-0.4, -0.2) is 26.3 Å². The lowest BCUT2D eigenvalue weighted by molar-refractivity contribution is -0.120. The van der Waals surface area contributed by atoms with Gasteiger partial charge in [-0.1, -0.05) is 26.0 Å². The summed E-state index contributed by atoms with van der Waals surface area (Å²) in [5.41, 5.74) is 1.77. The third-order valence-electron chi connectivity index (χ3n) is 4.47. The van der Waals surface area contributed by atoms with Crippen molar-refractivity contribution >= 4 is 33.2 Å². The standard InChI is InChI=1S/C21H25N3O4S/c1-14(2)21(26)23-17-9-11-19(12-10-17)29(27,28)24-18-5-3-15(4-6-18)13-20(25)22-16-7-8-16/h3-6,9-12,14,16,24H,7-8,13H2,1-2H3,(H,22,25)(H,23,26). The first-order valence-electron chi connectivity index (χ1n) is 9.55. The molecule has 3 rings (SSSR count). The molecular weight excluding hydrogens is 390 g/mol. The molecule has 154 valence electrons. The normalized spacial score (nSPS) is 13.8. The van der Waals surface area contributed by atoms with Crippen LogP contribution in [0.25, 0.3) is 0 Å². The highest BCUT2D eigenvalue weighted by Crippen LogP contribution is 2.20. The molecule has 2 aromatic carbocycles. The van der Waals surface area contributed by atoms with Gasteiger partial charge in [-0.25, -0.2) is 8.42 Å². The summed E-state index contributed by atoms with van der Waals surface area (Å²) in [6.45, 7) is 3.56. The van der Waals surface area contributed by atoms with Crippen LogP contribution < -0.4 is 15.4 Å². The monoisotopic (exact) mass is 415 g/mol. The van der Waals surface area contributed by atoms with Crippen LogP contribution in [0.2, 0.25) is 0 Å². The Kier molecular flexibility index (Phi) is 6.22. The molecule has 8 heteroatoms. The summed E-state index contributed by atoms with van der Waals surface area (Å²) in [5.74, 6) is -0.321. The van der Waals surface area contributed by atoms with Crippen molar-refractivity contribution in [2.45, 2.75) is 44.0 Å². The number of amides is 2. The molecule has 7 nitrogen and oxygen atoms in total. The minimum atomic E-state index is -3.76. The zero-order valence-corrected chi connectivity index (χ0v) is 17.3. The van der Waals surface area contributed by atoms with Gasteiger partial charge < -0.3 is 10.6 Å². The molecule has 2 amide bonds. The number of carbonyl (C=O) groups is 2. The fraction of sp³-hybridized carbons (Fsp3) is 0.333. The fourth-order valence-electron chi connectivity index (χ4n) is 2.60. The second kappa shape index (κ2) is 8.65. The fourth-order valence-corrected chi connectivity index (χ4v) is 3.66. The summed E-state index contributed by atoms with van der Waals surface area (Å²) in [6.07, 6.45) is 2.35. The van der Waals surface area contributed by atoms with Gasteiger partial charge in [-0.05, 0) is 54.8 Å². The lowest BCUT2D eigenvalue weighted by Gasteiger charge is -2.11. The Morgan fingerprint density at radius 3 is 2.10 bits per heavy atom. The number of sulfonamides is 1. The van der Waals surface area contributed by atoms with Gasteiger partial charge in [-0.15, -0.1) is 0 Å². The van der Waals surface area contributed by atoms with Gasteiger partial charge in [0.15, 0.2) is 0 Å². The molecule has 1 fully saturated rings. The first kappa shape index (κ1) is 20.9. The van der Waals surface area contributed by atoms with E-state index >= 15 is 0 Å². The van der Waals surface area contributed by atoms with Crippen LogP contribution in [0.4, 0.5) is 11.4 Å². The van der Waals surface area contributed by atoms with E-state index in [2.05, 4.69) is 15.4 Å². The van der Waals surface area contributed by atoms with Crippen LogP contribution in [0.5, 0.6) is 0 Å². The first-order chi connectivity index (χ1) is 13.7. The number of anilines is 2. The van der Waals surface area contributed by atoms with Crippen molar-refractivity contribution in [2.75, 3.05) is 10.0 Å². The molecule has 0 spiro atoms. The summed E-state index contributed by atoms with van der Waals surface area (Å²) < 4.78 is 27.7. The molecule has 0 radical (unpaired) electrons. The highest BCUT2D eigenvalue weighted by Gasteiger charge is 2.23. The zero-order valence-electron chi connectivity index (χ0n) is 16.4. The maximum Gasteiger partial charge on any atom is 0.261 e. The number of rotatable bonds is 8. The topological polar surface area (TPSA) is 104 Å². The SMILES string of the molecule is CC(C)C(=O)Nc1ccc(S(=O)(=O)Nc2ccc(CC(=O)NC3CC3)cc2)cc1. The summed E-state index contributed by atoms with van der Waals surface area (Å²) in [4.78, 5) is 23.7. The van der Waals surface area contributed by atoms with Gasteiger partial charge in [-0.3, -0.25) is 14.3 Å². The highest BCUT2D eigenvalue weighted by atomic mass is 32.2. The lowest BCUT2D eigenvalue weighted by Crippen LogP contribution is -2.26. The van der Waals surface area contributed by atoms with Gasteiger partial charge in [0.05, 0.1) is 11.3 Å². The Morgan fingerprint density at radius 1 is 0.966 bits per heavy atom. The van der Waals surface area contributed by atoms with E-state index in [0.29, 0.717) is 17.4 Å². The Hall–Kier alpha value is -2.87. The van der Waals surface area contributed by atoms with Gasteiger partial charge in [0.2, 0.25) is 11.8 Å². The maximum absolute atomic E-state index is 12.6. The molecule has 0 saturated heterocycles. The summed E-state index contributed by atoms with van der Waals surface area (Å²) >= 11 is 0. The molecule has 0 aliphatic heterocycles. The average molecular weight is 416 g/mol. The Balaban J connectivity index is 1.61. The van der Waals surface area contributed by atoms with Crippen molar-refractivity contribution in [2.24, 2.45) is 5.92 Å². The maximum atomic E-state index is 12.6. The van der Waals surface area contributed by atoms with Crippen LogP contribution in [0, 0.1) is 5.92 Å². The smallest absolute Gasteiger partial charge is 0.261 e. The molecule has 29 heavy (non-hydrogen) atoms. The molecule has 0 aromatic heterocycles. The largest absolute Gasteiger partial charge is 0.353 e. The van der Waals surface area contributed by atoms with Crippen molar-refractivity contribution in [3.8, 4) is 0 Å². The van der Waals surface area contributed by atoms with E-state index in [1.54, 1.807) is 50.2 Å². The van der Waals surface area contributed by atoms with Gasteiger partial charge >= 0.3 is 0 Å². The Labute approximate surface area is 171 Å². The van der Waals surface area contributed by atoms with Gasteiger partial charge in [0.1, 0.15) is 0 Å². The van der Waals surface area contributed by atoms with E-state index in [1.165, 1.54) is 12.1 Å². The van der Waals surface area contributed by atoms with Crippen molar-refractivity contribution in [1.29, 1.82) is 0 Å². The van der Waals surface area contributed by atoms with E-state index in [1.807, 2.05) is 0 Å². The zero-order chi connectivity index (χ0) is 21.0. The van der Waals surface area contributed by atoms with Crippen LogP contribution in [0.1, 0.15) is 32.3 Å². The van der Waals surface area contributed by atoms with Crippen LogP contribution in [0.3, 0.4) is 0 Å². The van der Waals surface area contributed by atoms with E-state index in [9.17, 15) is 18.0 Å². The van der Waals surface area contributed by atoms with E-state index < -0.39 is 10.0 Å².